The SMILES string of the molecule is C=C(C)COCc1ccc(OCc2ccccc2)cc1. The summed E-state index contributed by atoms with van der Waals surface area (Å²) in [5.41, 5.74) is 3.34. The van der Waals surface area contributed by atoms with Crippen LogP contribution in [-0.2, 0) is 18.0 Å². The molecule has 2 aromatic rings. The standard InChI is InChI=1S/C18H20O2/c1-15(2)12-19-13-17-8-10-18(11-9-17)20-14-16-6-4-3-5-7-16/h3-11H,1,12-14H2,2H3. The molecule has 20 heavy (non-hydrogen) atoms. The highest BCUT2D eigenvalue weighted by Gasteiger charge is 1.97. The zero-order valence-corrected chi connectivity index (χ0v) is 11.8. The van der Waals surface area contributed by atoms with Gasteiger partial charge in [0.2, 0.25) is 0 Å². The highest BCUT2D eigenvalue weighted by molar-refractivity contribution is 5.27. The van der Waals surface area contributed by atoms with Crippen LogP contribution in [0.2, 0.25) is 0 Å². The van der Waals surface area contributed by atoms with Crippen LogP contribution in [0.5, 0.6) is 5.75 Å². The zero-order valence-electron chi connectivity index (χ0n) is 11.8. The highest BCUT2D eigenvalue weighted by atomic mass is 16.5. The van der Waals surface area contributed by atoms with Crippen molar-refractivity contribution in [3.8, 4) is 5.75 Å². The summed E-state index contributed by atoms with van der Waals surface area (Å²) in [5, 5.41) is 0. The van der Waals surface area contributed by atoms with Crippen LogP contribution in [0.25, 0.3) is 0 Å². The molecule has 0 N–H and O–H groups in total. The monoisotopic (exact) mass is 268 g/mol. The lowest BCUT2D eigenvalue weighted by Gasteiger charge is -2.08. The van der Waals surface area contributed by atoms with E-state index in [0.717, 1.165) is 16.9 Å². The van der Waals surface area contributed by atoms with Crippen molar-refractivity contribution in [2.75, 3.05) is 6.61 Å². The first-order valence-electron chi connectivity index (χ1n) is 6.72. The smallest absolute Gasteiger partial charge is 0.119 e. The molecule has 0 aliphatic heterocycles. The van der Waals surface area contributed by atoms with E-state index >= 15 is 0 Å². The highest BCUT2D eigenvalue weighted by Crippen LogP contribution is 2.15. The predicted octanol–water partition coefficient (Wildman–Crippen LogP) is 4.36. The van der Waals surface area contributed by atoms with Gasteiger partial charge in [-0.2, -0.15) is 0 Å². The van der Waals surface area contributed by atoms with Crippen molar-refractivity contribution in [2.24, 2.45) is 0 Å². The van der Waals surface area contributed by atoms with Crippen LogP contribution >= 0.6 is 0 Å². The Morgan fingerprint density at radius 3 is 2.20 bits per heavy atom. The summed E-state index contributed by atoms with van der Waals surface area (Å²) in [6.07, 6.45) is 0. The third kappa shape index (κ3) is 4.90. The van der Waals surface area contributed by atoms with Crippen molar-refractivity contribution in [1.29, 1.82) is 0 Å². The Kier molecular flexibility index (Phi) is 5.39. The first-order chi connectivity index (χ1) is 9.74. The van der Waals surface area contributed by atoms with E-state index < -0.39 is 0 Å². The van der Waals surface area contributed by atoms with Crippen molar-refractivity contribution in [3.63, 3.8) is 0 Å². The Morgan fingerprint density at radius 1 is 0.900 bits per heavy atom. The van der Waals surface area contributed by atoms with E-state index in [-0.39, 0.29) is 0 Å². The fourth-order valence-electron chi connectivity index (χ4n) is 1.77. The lowest BCUT2D eigenvalue weighted by molar-refractivity contribution is 0.143. The molecule has 0 spiro atoms. The molecule has 0 aromatic heterocycles. The van der Waals surface area contributed by atoms with Crippen LogP contribution in [0.1, 0.15) is 18.1 Å². The molecule has 2 aromatic carbocycles. The van der Waals surface area contributed by atoms with E-state index in [9.17, 15) is 0 Å². The molecule has 0 radical (unpaired) electrons. The summed E-state index contributed by atoms with van der Waals surface area (Å²) < 4.78 is 11.2. The molecule has 0 atom stereocenters. The number of hydrogen-bond donors (Lipinski definition) is 0. The maximum atomic E-state index is 5.73. The molecule has 0 fully saturated rings. The van der Waals surface area contributed by atoms with E-state index in [1.807, 2.05) is 49.4 Å². The van der Waals surface area contributed by atoms with Crippen LogP contribution in [0.4, 0.5) is 0 Å². The largest absolute Gasteiger partial charge is 0.489 e. The summed E-state index contributed by atoms with van der Waals surface area (Å²) in [6.45, 7) is 7.56. The molecular formula is C18H20O2. The summed E-state index contributed by atoms with van der Waals surface area (Å²) in [5.74, 6) is 0.873. The van der Waals surface area contributed by atoms with Crippen molar-refractivity contribution in [1.82, 2.24) is 0 Å². The van der Waals surface area contributed by atoms with Crippen LogP contribution in [0.15, 0.2) is 66.7 Å². The third-order valence-corrected chi connectivity index (χ3v) is 2.79. The number of rotatable bonds is 7. The molecule has 0 unspecified atom stereocenters. The van der Waals surface area contributed by atoms with Gasteiger partial charge < -0.3 is 9.47 Å². The fraction of sp³-hybridized carbons (Fsp3) is 0.222. The van der Waals surface area contributed by atoms with E-state index in [4.69, 9.17) is 9.47 Å². The van der Waals surface area contributed by atoms with Crippen molar-refractivity contribution < 1.29 is 9.47 Å². The first kappa shape index (κ1) is 14.4. The molecule has 0 saturated heterocycles. The second kappa shape index (κ2) is 7.51. The van der Waals surface area contributed by atoms with Crippen molar-refractivity contribution in [2.45, 2.75) is 20.1 Å². The minimum absolute atomic E-state index is 0.590. The minimum atomic E-state index is 0.590. The van der Waals surface area contributed by atoms with E-state index in [2.05, 4.69) is 18.7 Å². The van der Waals surface area contributed by atoms with Crippen molar-refractivity contribution in [3.05, 3.63) is 77.9 Å². The predicted molar refractivity (Wildman–Crippen MR) is 81.7 cm³/mol. The second-order valence-corrected chi connectivity index (χ2v) is 4.87. The topological polar surface area (TPSA) is 18.5 Å². The molecule has 104 valence electrons. The van der Waals surface area contributed by atoms with Gasteiger partial charge >= 0.3 is 0 Å². The van der Waals surface area contributed by atoms with Crippen molar-refractivity contribution >= 4 is 0 Å². The van der Waals surface area contributed by atoms with Gasteiger partial charge in [0.1, 0.15) is 12.4 Å². The average molecular weight is 268 g/mol. The maximum absolute atomic E-state index is 5.73. The Balaban J connectivity index is 1.81. The molecule has 0 saturated carbocycles. The van der Waals surface area contributed by atoms with Gasteiger partial charge in [-0.25, -0.2) is 0 Å². The minimum Gasteiger partial charge on any atom is -0.489 e. The van der Waals surface area contributed by atoms with E-state index in [1.165, 1.54) is 5.56 Å². The average Bonchev–Trinajstić information content (AvgIpc) is 2.47. The van der Waals surface area contributed by atoms with Crippen LogP contribution in [0.3, 0.4) is 0 Å². The molecule has 0 aliphatic rings. The van der Waals surface area contributed by atoms with Crippen LogP contribution < -0.4 is 4.74 Å². The maximum Gasteiger partial charge on any atom is 0.119 e. The van der Waals surface area contributed by atoms with E-state index in [0.29, 0.717) is 19.8 Å². The fourth-order valence-corrected chi connectivity index (χ4v) is 1.77. The summed E-state index contributed by atoms with van der Waals surface area (Å²) in [4.78, 5) is 0. The first-order valence-corrected chi connectivity index (χ1v) is 6.72. The summed E-state index contributed by atoms with van der Waals surface area (Å²) in [7, 11) is 0. The van der Waals surface area contributed by atoms with Crippen LogP contribution in [-0.4, -0.2) is 6.61 Å². The van der Waals surface area contributed by atoms with Gasteiger partial charge in [0.05, 0.1) is 13.2 Å². The van der Waals surface area contributed by atoms with Gasteiger partial charge in [-0.15, -0.1) is 0 Å². The molecule has 0 aliphatic carbocycles. The molecular weight excluding hydrogens is 248 g/mol. The molecule has 2 heteroatoms. The van der Waals surface area contributed by atoms with E-state index in [1.54, 1.807) is 0 Å². The Morgan fingerprint density at radius 2 is 1.55 bits per heavy atom. The quantitative estimate of drug-likeness (QED) is 0.695. The van der Waals surface area contributed by atoms with Gasteiger partial charge in [0, 0.05) is 0 Å². The van der Waals surface area contributed by atoms with Gasteiger partial charge in [0.15, 0.2) is 0 Å². The molecule has 0 bridgehead atoms. The summed E-state index contributed by atoms with van der Waals surface area (Å²) in [6, 6.07) is 18.1. The number of benzene rings is 2. The summed E-state index contributed by atoms with van der Waals surface area (Å²) >= 11 is 0. The van der Waals surface area contributed by atoms with Gasteiger partial charge in [-0.1, -0.05) is 54.6 Å². The molecule has 2 rings (SSSR count). The normalized spacial score (nSPS) is 10.2. The Labute approximate surface area is 120 Å². The van der Waals surface area contributed by atoms with Crippen LogP contribution in [0, 0.1) is 0 Å². The number of ether oxygens (including phenoxy) is 2. The second-order valence-electron chi connectivity index (χ2n) is 4.87. The van der Waals surface area contributed by atoms with Gasteiger partial charge in [-0.05, 0) is 30.2 Å². The zero-order chi connectivity index (χ0) is 14.2. The van der Waals surface area contributed by atoms with Gasteiger partial charge in [0.25, 0.3) is 0 Å². The Bertz CT molecular complexity index is 529. The molecule has 2 nitrogen and oxygen atoms in total. The third-order valence-electron chi connectivity index (χ3n) is 2.79. The molecule has 0 heterocycles. The molecule has 0 amide bonds. The van der Waals surface area contributed by atoms with Gasteiger partial charge in [-0.3, -0.25) is 0 Å². The Hall–Kier alpha value is -2.06. The lowest BCUT2D eigenvalue weighted by atomic mass is 10.2. The number of hydrogen-bond acceptors (Lipinski definition) is 2. The lowest BCUT2D eigenvalue weighted by Crippen LogP contribution is -1.97.